The van der Waals surface area contributed by atoms with Crippen LogP contribution in [-0.2, 0) is 24.0 Å². The minimum atomic E-state index is -1.66. The molecular weight excluding hydrogens is 444 g/mol. The third kappa shape index (κ3) is 11.6. The van der Waals surface area contributed by atoms with Crippen LogP contribution < -0.4 is 38.9 Å². The first kappa shape index (κ1) is 29.5. The smallest absolute Gasteiger partial charge is 0.328 e. The second-order valence-electron chi connectivity index (χ2n) is 7.10. The van der Waals surface area contributed by atoms with Crippen LogP contribution in [0, 0.1) is 0 Å². The minimum Gasteiger partial charge on any atom is -0.480 e. The van der Waals surface area contributed by atoms with E-state index < -0.39 is 72.9 Å². The zero-order valence-electron chi connectivity index (χ0n) is 18.1. The van der Waals surface area contributed by atoms with Crippen molar-refractivity contribution >= 4 is 35.6 Å². The van der Waals surface area contributed by atoms with Gasteiger partial charge in [0, 0.05) is 6.54 Å². The molecule has 0 aromatic heterocycles. The van der Waals surface area contributed by atoms with E-state index in [1.54, 1.807) is 0 Å². The van der Waals surface area contributed by atoms with Gasteiger partial charge in [-0.1, -0.05) is 0 Å². The van der Waals surface area contributed by atoms with E-state index in [-0.39, 0.29) is 25.3 Å². The molecule has 0 aliphatic rings. The number of amides is 4. The summed E-state index contributed by atoms with van der Waals surface area (Å²) in [5.41, 5.74) is 20.9. The summed E-state index contributed by atoms with van der Waals surface area (Å²) in [6, 6.07) is -5.91. The van der Waals surface area contributed by atoms with Crippen LogP contribution in [0.1, 0.15) is 26.2 Å². The highest BCUT2D eigenvalue weighted by atomic mass is 16.4. The van der Waals surface area contributed by atoms with Crippen LogP contribution in [0.15, 0.2) is 4.99 Å². The first-order valence-electron chi connectivity index (χ1n) is 9.82. The minimum absolute atomic E-state index is 0.0617. The highest BCUT2D eigenvalue weighted by molar-refractivity contribution is 5.95. The Morgan fingerprint density at radius 3 is 1.94 bits per heavy atom. The van der Waals surface area contributed by atoms with E-state index >= 15 is 0 Å². The Balaban J connectivity index is 5.39. The second kappa shape index (κ2) is 14.5. The van der Waals surface area contributed by atoms with Gasteiger partial charge < -0.3 is 54.2 Å². The zero-order valence-corrected chi connectivity index (χ0v) is 18.1. The van der Waals surface area contributed by atoms with E-state index in [9.17, 15) is 34.2 Å². The summed E-state index contributed by atoms with van der Waals surface area (Å²) in [6.45, 7) is 0.357. The van der Waals surface area contributed by atoms with Crippen molar-refractivity contribution < 1.29 is 39.3 Å². The number of nitrogens with two attached hydrogens (primary N) is 4. The maximum absolute atomic E-state index is 12.6. The Hall–Kier alpha value is -3.50. The average molecular weight is 476 g/mol. The Kier molecular flexibility index (Phi) is 13.0. The topological polar surface area (TPSA) is 299 Å². The molecule has 0 aromatic carbocycles. The van der Waals surface area contributed by atoms with Crippen molar-refractivity contribution in [2.75, 3.05) is 13.2 Å². The number of hydrogen-bond acceptors (Lipinski definition) is 9. The van der Waals surface area contributed by atoms with E-state index in [4.69, 9.17) is 28.0 Å². The van der Waals surface area contributed by atoms with Crippen molar-refractivity contribution in [3.05, 3.63) is 0 Å². The fraction of sp³-hybridized carbons (Fsp3) is 0.647. The number of aliphatic hydroxyl groups excluding tert-OH is 2. The normalized spacial score (nSPS) is 15.2. The molecule has 33 heavy (non-hydrogen) atoms. The molecule has 4 amide bonds. The Morgan fingerprint density at radius 1 is 0.939 bits per heavy atom. The Bertz CT molecular complexity index is 741. The summed E-state index contributed by atoms with van der Waals surface area (Å²) in [6.07, 6.45) is -1.83. The predicted octanol–water partition coefficient (Wildman–Crippen LogP) is -5.85. The van der Waals surface area contributed by atoms with E-state index in [0.717, 1.165) is 6.92 Å². The standard InChI is InChI=1S/C17H32N8O8/c1-7(27)12(16(32)33)25-14(30)9(3-2-4-22-17(20)21)23-15(31)10(6-26)24-13(29)8(18)5-11(19)28/h7-10,12,26-27H,2-6,18H2,1H3,(H2,19,28)(H,23,31)(H,24,29)(H,25,30)(H,32,33)(H4,20,21,22). The first-order chi connectivity index (χ1) is 15.3. The molecule has 0 radical (unpaired) electrons. The number of carboxylic acids is 1. The fourth-order valence-electron chi connectivity index (χ4n) is 2.47. The van der Waals surface area contributed by atoms with E-state index in [1.165, 1.54) is 0 Å². The molecule has 0 aliphatic carbocycles. The number of aliphatic imine (C=N–C) groups is 1. The average Bonchev–Trinajstić information content (AvgIpc) is 2.70. The fourth-order valence-corrected chi connectivity index (χ4v) is 2.47. The maximum atomic E-state index is 12.6. The van der Waals surface area contributed by atoms with Crippen molar-refractivity contribution in [2.45, 2.75) is 56.5 Å². The van der Waals surface area contributed by atoms with Crippen molar-refractivity contribution in [3.63, 3.8) is 0 Å². The maximum Gasteiger partial charge on any atom is 0.328 e. The van der Waals surface area contributed by atoms with Crippen molar-refractivity contribution in [1.29, 1.82) is 0 Å². The third-order valence-corrected chi connectivity index (χ3v) is 4.20. The summed E-state index contributed by atoms with van der Waals surface area (Å²) < 4.78 is 0. The van der Waals surface area contributed by atoms with Gasteiger partial charge in [-0.05, 0) is 19.8 Å². The number of guanidine groups is 1. The predicted molar refractivity (Wildman–Crippen MR) is 114 cm³/mol. The zero-order chi connectivity index (χ0) is 25.7. The molecule has 16 heteroatoms. The monoisotopic (exact) mass is 476 g/mol. The molecule has 0 fully saturated rings. The number of carbonyl (C=O) groups excluding carboxylic acids is 4. The van der Waals surface area contributed by atoms with Gasteiger partial charge in [-0.2, -0.15) is 0 Å². The van der Waals surface area contributed by atoms with Gasteiger partial charge in [0.15, 0.2) is 12.0 Å². The van der Waals surface area contributed by atoms with Gasteiger partial charge in [-0.25, -0.2) is 4.79 Å². The lowest BCUT2D eigenvalue weighted by molar-refractivity contribution is -0.145. The molecule has 14 N–H and O–H groups in total. The number of aliphatic carboxylic acids is 1. The van der Waals surface area contributed by atoms with Gasteiger partial charge in [0.05, 0.1) is 25.2 Å². The van der Waals surface area contributed by atoms with Crippen LogP contribution in [0.5, 0.6) is 0 Å². The number of aliphatic hydroxyl groups is 2. The molecule has 16 nitrogen and oxygen atoms in total. The van der Waals surface area contributed by atoms with Crippen LogP contribution in [-0.4, -0.2) is 94.3 Å². The number of carboxylic acid groups (broad SMARTS) is 1. The summed E-state index contributed by atoms with van der Waals surface area (Å²) in [5.74, 6) is -5.45. The van der Waals surface area contributed by atoms with E-state index in [2.05, 4.69) is 20.9 Å². The van der Waals surface area contributed by atoms with E-state index in [0.29, 0.717) is 0 Å². The molecule has 0 rings (SSSR count). The number of primary amides is 1. The number of carbonyl (C=O) groups is 5. The highest BCUT2D eigenvalue weighted by Gasteiger charge is 2.31. The van der Waals surface area contributed by atoms with Gasteiger partial charge >= 0.3 is 5.97 Å². The molecule has 188 valence electrons. The lowest BCUT2D eigenvalue weighted by Gasteiger charge is -2.25. The molecule has 5 unspecified atom stereocenters. The quantitative estimate of drug-likeness (QED) is 0.0602. The Morgan fingerprint density at radius 2 is 1.48 bits per heavy atom. The molecule has 5 atom stereocenters. The van der Waals surface area contributed by atoms with Crippen molar-refractivity contribution in [2.24, 2.45) is 27.9 Å². The molecule has 0 spiro atoms. The summed E-state index contributed by atoms with van der Waals surface area (Å²) in [4.78, 5) is 63.0. The highest BCUT2D eigenvalue weighted by Crippen LogP contribution is 2.03. The lowest BCUT2D eigenvalue weighted by atomic mass is 10.1. The number of rotatable bonds is 15. The van der Waals surface area contributed by atoms with Gasteiger partial charge in [-0.15, -0.1) is 0 Å². The first-order valence-corrected chi connectivity index (χ1v) is 9.82. The van der Waals surface area contributed by atoms with Crippen molar-refractivity contribution in [3.8, 4) is 0 Å². The number of nitrogens with one attached hydrogen (secondary N) is 3. The summed E-state index contributed by atoms with van der Waals surface area (Å²) in [7, 11) is 0. The largest absolute Gasteiger partial charge is 0.480 e. The second-order valence-corrected chi connectivity index (χ2v) is 7.10. The lowest BCUT2D eigenvalue weighted by Crippen LogP contribution is -2.59. The van der Waals surface area contributed by atoms with Gasteiger partial charge in [0.2, 0.25) is 23.6 Å². The molecule has 0 aliphatic heterocycles. The molecule has 0 bridgehead atoms. The number of nitrogens with zero attached hydrogens (tertiary/aromatic N) is 1. The van der Waals surface area contributed by atoms with Crippen molar-refractivity contribution in [1.82, 2.24) is 16.0 Å². The van der Waals surface area contributed by atoms with Crippen LogP contribution in [0.3, 0.4) is 0 Å². The molecular formula is C17H32N8O8. The van der Waals surface area contributed by atoms with Crippen LogP contribution in [0.25, 0.3) is 0 Å². The van der Waals surface area contributed by atoms with Crippen LogP contribution >= 0.6 is 0 Å². The van der Waals surface area contributed by atoms with Crippen LogP contribution in [0.4, 0.5) is 0 Å². The van der Waals surface area contributed by atoms with Crippen LogP contribution in [0.2, 0.25) is 0 Å². The Labute approximate surface area is 189 Å². The molecule has 0 saturated carbocycles. The summed E-state index contributed by atoms with van der Waals surface area (Å²) >= 11 is 0. The molecule has 0 aromatic rings. The van der Waals surface area contributed by atoms with E-state index in [1.807, 2.05) is 0 Å². The molecule has 0 saturated heterocycles. The van der Waals surface area contributed by atoms with Gasteiger partial charge in [0.25, 0.3) is 0 Å². The SMILES string of the molecule is CC(O)C(NC(=O)C(CCCN=C(N)N)NC(=O)C(CO)NC(=O)C(N)CC(N)=O)C(=O)O. The summed E-state index contributed by atoms with van der Waals surface area (Å²) in [5, 5.41) is 34.7. The van der Waals surface area contributed by atoms with Gasteiger partial charge in [0.1, 0.15) is 12.1 Å². The number of hydrogen-bond donors (Lipinski definition) is 10. The third-order valence-electron chi connectivity index (χ3n) is 4.20. The van der Waals surface area contributed by atoms with Gasteiger partial charge in [-0.3, -0.25) is 24.2 Å². The molecule has 0 heterocycles.